The number of benzene rings is 1. The zero-order chi connectivity index (χ0) is 13.0. The minimum absolute atomic E-state index is 0.0596. The second-order valence-electron chi connectivity index (χ2n) is 4.39. The fourth-order valence-electron chi connectivity index (χ4n) is 1.93. The highest BCUT2D eigenvalue weighted by atomic mass is 32.2. The van der Waals surface area contributed by atoms with Gasteiger partial charge in [0.25, 0.3) is 0 Å². The van der Waals surface area contributed by atoms with E-state index in [4.69, 9.17) is 0 Å². The van der Waals surface area contributed by atoms with Gasteiger partial charge in [-0.15, -0.1) is 0 Å². The number of carbonyl (C=O) groups is 1. The Morgan fingerprint density at radius 2 is 2.00 bits per heavy atom. The first kappa shape index (κ1) is 12.9. The Kier molecular flexibility index (Phi) is 3.86. The smallest absolute Gasteiger partial charge is 0.239 e. The molecule has 1 aromatic rings. The van der Waals surface area contributed by atoms with Gasteiger partial charge in [-0.05, 0) is 18.6 Å². The Labute approximate surface area is 107 Å². The fraction of sp³-hybridized carbons (Fsp3) is 0.417. The first-order valence-electron chi connectivity index (χ1n) is 5.84. The van der Waals surface area contributed by atoms with E-state index in [2.05, 4.69) is 10.6 Å². The summed E-state index contributed by atoms with van der Waals surface area (Å²) in [6, 6.07) is 9.16. The third-order valence-corrected chi connectivity index (χ3v) is 4.59. The molecule has 1 saturated heterocycles. The molecule has 2 N–H and O–H groups in total. The van der Waals surface area contributed by atoms with E-state index in [9.17, 15) is 13.2 Å². The molecule has 2 rings (SSSR count). The Morgan fingerprint density at radius 3 is 2.61 bits per heavy atom. The van der Waals surface area contributed by atoms with Crippen LogP contribution in [0, 0.1) is 0 Å². The van der Waals surface area contributed by atoms with Gasteiger partial charge in [-0.2, -0.15) is 0 Å². The van der Waals surface area contributed by atoms with Crippen LogP contribution >= 0.6 is 0 Å². The van der Waals surface area contributed by atoms with Gasteiger partial charge >= 0.3 is 0 Å². The highest BCUT2D eigenvalue weighted by molar-refractivity contribution is 7.91. The predicted octanol–water partition coefficient (Wildman–Crippen LogP) is 0.402. The number of rotatable bonds is 4. The number of sulfone groups is 1. The van der Waals surface area contributed by atoms with E-state index in [1.54, 1.807) is 0 Å². The Balaban J connectivity index is 1.76. The minimum atomic E-state index is -2.94. The normalized spacial score (nSPS) is 21.4. The summed E-state index contributed by atoms with van der Waals surface area (Å²) >= 11 is 0. The lowest BCUT2D eigenvalue weighted by atomic mass is 10.2. The summed E-state index contributed by atoms with van der Waals surface area (Å²) in [4.78, 5) is 11.6. The van der Waals surface area contributed by atoms with Crippen LogP contribution in [0.5, 0.6) is 0 Å². The molecule has 1 atom stereocenters. The molecule has 18 heavy (non-hydrogen) atoms. The molecule has 98 valence electrons. The van der Waals surface area contributed by atoms with Crippen LogP contribution in [0.1, 0.15) is 6.42 Å². The number of para-hydroxylation sites is 1. The molecule has 5 nitrogen and oxygen atoms in total. The van der Waals surface area contributed by atoms with Gasteiger partial charge in [0, 0.05) is 11.7 Å². The topological polar surface area (TPSA) is 75.3 Å². The first-order chi connectivity index (χ1) is 8.55. The van der Waals surface area contributed by atoms with Crippen LogP contribution in [-0.2, 0) is 14.6 Å². The van der Waals surface area contributed by atoms with Crippen molar-refractivity contribution in [2.24, 2.45) is 0 Å². The second kappa shape index (κ2) is 5.39. The van der Waals surface area contributed by atoms with Crippen molar-refractivity contribution in [1.29, 1.82) is 0 Å². The molecule has 1 aliphatic rings. The monoisotopic (exact) mass is 268 g/mol. The van der Waals surface area contributed by atoms with E-state index in [-0.39, 0.29) is 30.0 Å². The zero-order valence-electron chi connectivity index (χ0n) is 9.93. The quantitative estimate of drug-likeness (QED) is 0.829. The highest BCUT2D eigenvalue weighted by Gasteiger charge is 2.28. The van der Waals surface area contributed by atoms with Crippen LogP contribution in [0.25, 0.3) is 0 Å². The van der Waals surface area contributed by atoms with E-state index >= 15 is 0 Å². The third-order valence-electron chi connectivity index (χ3n) is 2.82. The van der Waals surface area contributed by atoms with Crippen LogP contribution in [0.2, 0.25) is 0 Å². The molecular formula is C12H16N2O3S. The molecule has 6 heteroatoms. The van der Waals surface area contributed by atoms with Crippen LogP contribution < -0.4 is 10.6 Å². The van der Waals surface area contributed by atoms with Crippen molar-refractivity contribution in [1.82, 2.24) is 5.32 Å². The largest absolute Gasteiger partial charge is 0.376 e. The summed E-state index contributed by atoms with van der Waals surface area (Å²) in [5, 5.41) is 5.70. The van der Waals surface area contributed by atoms with E-state index in [0.29, 0.717) is 6.42 Å². The maximum absolute atomic E-state index is 11.6. The van der Waals surface area contributed by atoms with Crippen LogP contribution in [-0.4, -0.2) is 38.4 Å². The van der Waals surface area contributed by atoms with Crippen molar-refractivity contribution < 1.29 is 13.2 Å². The van der Waals surface area contributed by atoms with Gasteiger partial charge in [0.05, 0.1) is 18.1 Å². The molecule has 1 heterocycles. The molecule has 0 saturated carbocycles. The van der Waals surface area contributed by atoms with Crippen LogP contribution in [0.4, 0.5) is 5.69 Å². The highest BCUT2D eigenvalue weighted by Crippen LogP contribution is 2.11. The molecule has 0 aliphatic carbocycles. The van der Waals surface area contributed by atoms with Gasteiger partial charge in [0.15, 0.2) is 9.84 Å². The van der Waals surface area contributed by atoms with Crippen LogP contribution in [0.15, 0.2) is 30.3 Å². The van der Waals surface area contributed by atoms with Crippen molar-refractivity contribution in [3.63, 3.8) is 0 Å². The molecule has 1 unspecified atom stereocenters. The fourth-order valence-corrected chi connectivity index (χ4v) is 3.60. The number of amides is 1. The van der Waals surface area contributed by atoms with Crippen LogP contribution in [0.3, 0.4) is 0 Å². The van der Waals surface area contributed by atoms with Crippen molar-refractivity contribution in [2.75, 3.05) is 23.4 Å². The molecule has 0 aromatic heterocycles. The van der Waals surface area contributed by atoms with Crippen molar-refractivity contribution in [3.05, 3.63) is 30.3 Å². The summed E-state index contributed by atoms with van der Waals surface area (Å²) in [6.45, 7) is 0.153. The van der Waals surface area contributed by atoms with Gasteiger partial charge in [-0.25, -0.2) is 8.42 Å². The average Bonchev–Trinajstić information content (AvgIpc) is 2.67. The first-order valence-corrected chi connectivity index (χ1v) is 7.66. The molecule has 1 aromatic carbocycles. The number of hydrogen-bond acceptors (Lipinski definition) is 4. The lowest BCUT2D eigenvalue weighted by Crippen LogP contribution is -2.39. The number of nitrogens with one attached hydrogen (secondary N) is 2. The lowest BCUT2D eigenvalue weighted by Gasteiger charge is -2.11. The molecule has 0 radical (unpaired) electrons. The van der Waals surface area contributed by atoms with Gasteiger partial charge in [0.1, 0.15) is 0 Å². The maximum Gasteiger partial charge on any atom is 0.239 e. The molecule has 0 spiro atoms. The molecule has 1 fully saturated rings. The van der Waals surface area contributed by atoms with Gasteiger partial charge in [-0.1, -0.05) is 18.2 Å². The molecule has 1 aliphatic heterocycles. The third kappa shape index (κ3) is 3.73. The standard InChI is InChI=1S/C12H16N2O3S/c15-12(8-13-10-4-2-1-3-5-10)14-11-6-7-18(16,17)9-11/h1-5,11,13H,6-9H2,(H,14,15). The molecular weight excluding hydrogens is 252 g/mol. The summed E-state index contributed by atoms with van der Waals surface area (Å²) in [5.41, 5.74) is 0.867. The number of anilines is 1. The van der Waals surface area contributed by atoms with E-state index < -0.39 is 9.84 Å². The lowest BCUT2D eigenvalue weighted by molar-refractivity contribution is -0.119. The Hall–Kier alpha value is -1.56. The molecule has 1 amide bonds. The van der Waals surface area contributed by atoms with E-state index in [1.807, 2.05) is 30.3 Å². The Bertz CT molecular complexity index is 513. The summed E-state index contributed by atoms with van der Waals surface area (Å²) in [6.07, 6.45) is 0.513. The second-order valence-corrected chi connectivity index (χ2v) is 6.62. The zero-order valence-corrected chi connectivity index (χ0v) is 10.7. The summed E-state index contributed by atoms with van der Waals surface area (Å²) < 4.78 is 22.5. The van der Waals surface area contributed by atoms with Gasteiger partial charge in [-0.3, -0.25) is 4.79 Å². The van der Waals surface area contributed by atoms with Gasteiger partial charge in [0.2, 0.25) is 5.91 Å². The van der Waals surface area contributed by atoms with Crippen molar-refractivity contribution in [3.8, 4) is 0 Å². The van der Waals surface area contributed by atoms with E-state index in [0.717, 1.165) is 5.69 Å². The minimum Gasteiger partial charge on any atom is -0.376 e. The van der Waals surface area contributed by atoms with E-state index in [1.165, 1.54) is 0 Å². The summed E-state index contributed by atoms with van der Waals surface area (Å²) in [5.74, 6) is 0.0506. The predicted molar refractivity (Wildman–Crippen MR) is 70.1 cm³/mol. The van der Waals surface area contributed by atoms with Crippen molar-refractivity contribution in [2.45, 2.75) is 12.5 Å². The average molecular weight is 268 g/mol. The SMILES string of the molecule is O=C(CNc1ccccc1)NC1CCS(=O)(=O)C1. The number of carbonyl (C=O) groups excluding carboxylic acids is 1. The summed E-state index contributed by atoms with van der Waals surface area (Å²) in [7, 11) is -2.94. The Morgan fingerprint density at radius 1 is 1.28 bits per heavy atom. The maximum atomic E-state index is 11.6. The number of hydrogen-bond donors (Lipinski definition) is 2. The van der Waals surface area contributed by atoms with Gasteiger partial charge < -0.3 is 10.6 Å². The van der Waals surface area contributed by atoms with Crippen molar-refractivity contribution >= 4 is 21.4 Å². The molecule has 0 bridgehead atoms.